The van der Waals surface area contributed by atoms with E-state index in [9.17, 15) is 14.7 Å². The summed E-state index contributed by atoms with van der Waals surface area (Å²) in [5.74, 6) is -0.752. The molecule has 0 saturated carbocycles. The van der Waals surface area contributed by atoms with Gasteiger partial charge in [0.1, 0.15) is 5.75 Å². The average Bonchev–Trinajstić information content (AvgIpc) is 3.12. The molecular weight excluding hydrogens is 420 g/mol. The summed E-state index contributed by atoms with van der Waals surface area (Å²) < 4.78 is 21.4. The van der Waals surface area contributed by atoms with Gasteiger partial charge in [-0.2, -0.15) is 0 Å². The van der Waals surface area contributed by atoms with Crippen molar-refractivity contribution in [2.45, 2.75) is 0 Å². The van der Waals surface area contributed by atoms with E-state index in [0.29, 0.717) is 27.3 Å². The highest BCUT2D eigenvalue weighted by Gasteiger charge is 2.26. The highest BCUT2D eigenvalue weighted by Crippen LogP contribution is 2.39. The molecule has 0 fully saturated rings. The lowest BCUT2D eigenvalue weighted by molar-refractivity contribution is -0.133. The topological polar surface area (TPSA) is 91.3 Å². The van der Waals surface area contributed by atoms with E-state index in [1.807, 2.05) is 0 Å². The lowest BCUT2D eigenvalue weighted by atomic mass is 9.96. The van der Waals surface area contributed by atoms with Gasteiger partial charge in [0.15, 0.2) is 11.5 Å². The van der Waals surface area contributed by atoms with E-state index in [2.05, 4.69) is 15.9 Å². The number of carboxylic acids is 1. The Morgan fingerprint density at radius 1 is 1.15 bits per heavy atom. The van der Waals surface area contributed by atoms with E-state index in [1.165, 1.54) is 32.4 Å². The van der Waals surface area contributed by atoms with Gasteiger partial charge in [-0.05, 0) is 30.3 Å². The summed E-state index contributed by atoms with van der Waals surface area (Å²) in [7, 11) is 2.72. The van der Waals surface area contributed by atoms with E-state index in [1.54, 1.807) is 18.2 Å². The average molecular weight is 435 g/mol. The van der Waals surface area contributed by atoms with Crippen LogP contribution in [0.3, 0.4) is 0 Å². The van der Waals surface area contributed by atoms with Crippen molar-refractivity contribution < 1.29 is 33.6 Å². The Hall–Kier alpha value is -3.00. The maximum atomic E-state index is 12.5. The zero-order valence-corrected chi connectivity index (χ0v) is 16.0. The van der Waals surface area contributed by atoms with Crippen LogP contribution in [0.2, 0.25) is 0 Å². The van der Waals surface area contributed by atoms with Gasteiger partial charge < -0.3 is 24.1 Å². The maximum Gasteiger partial charge on any atom is 0.338 e. The van der Waals surface area contributed by atoms with Crippen molar-refractivity contribution in [2.24, 2.45) is 0 Å². The predicted octanol–water partition coefficient (Wildman–Crippen LogP) is 3.60. The number of hydrogen-bond acceptors (Lipinski definition) is 6. The van der Waals surface area contributed by atoms with Crippen LogP contribution in [0.4, 0.5) is 0 Å². The second kappa shape index (κ2) is 7.71. The fraction of sp³-hybridized carbons (Fsp3) is 0.158. The minimum absolute atomic E-state index is 0.0207. The first-order valence-corrected chi connectivity index (χ1v) is 8.55. The minimum atomic E-state index is -1.21. The van der Waals surface area contributed by atoms with Gasteiger partial charge in [0, 0.05) is 15.6 Å². The van der Waals surface area contributed by atoms with E-state index in [0.717, 1.165) is 0 Å². The number of ether oxygens (including phenoxy) is 4. The van der Waals surface area contributed by atoms with E-state index in [-0.39, 0.29) is 23.5 Å². The van der Waals surface area contributed by atoms with Gasteiger partial charge in [0.25, 0.3) is 0 Å². The Labute approximate surface area is 163 Å². The predicted molar refractivity (Wildman–Crippen MR) is 100 cm³/mol. The van der Waals surface area contributed by atoms with Crippen LogP contribution in [0.1, 0.15) is 21.5 Å². The van der Waals surface area contributed by atoms with Gasteiger partial charge in [-0.1, -0.05) is 22.0 Å². The first kappa shape index (κ1) is 18.8. The van der Waals surface area contributed by atoms with Crippen LogP contribution in [0.5, 0.6) is 17.2 Å². The van der Waals surface area contributed by atoms with Crippen LogP contribution in [-0.4, -0.2) is 38.1 Å². The van der Waals surface area contributed by atoms with Crippen LogP contribution in [0.25, 0.3) is 11.6 Å². The highest BCUT2D eigenvalue weighted by molar-refractivity contribution is 9.10. The minimum Gasteiger partial charge on any atom is -0.496 e. The Bertz CT molecular complexity index is 949. The molecule has 7 nitrogen and oxygen atoms in total. The Balaban J connectivity index is 2.27. The second-order valence-corrected chi connectivity index (χ2v) is 6.32. The molecule has 1 aliphatic heterocycles. The lowest BCUT2D eigenvalue weighted by Gasteiger charge is -2.13. The number of methoxy groups -OCH3 is 2. The molecule has 140 valence electrons. The van der Waals surface area contributed by atoms with Gasteiger partial charge in [0.05, 0.1) is 25.4 Å². The third-order valence-electron chi connectivity index (χ3n) is 3.96. The molecule has 27 heavy (non-hydrogen) atoms. The molecule has 1 N–H and O–H groups in total. The molecule has 0 radical (unpaired) electrons. The Kier molecular flexibility index (Phi) is 5.36. The first-order chi connectivity index (χ1) is 13.0. The molecule has 8 heteroatoms. The summed E-state index contributed by atoms with van der Waals surface area (Å²) in [4.78, 5) is 24.3. The summed E-state index contributed by atoms with van der Waals surface area (Å²) >= 11 is 3.42. The van der Waals surface area contributed by atoms with Crippen molar-refractivity contribution in [3.05, 3.63) is 51.5 Å². The van der Waals surface area contributed by atoms with Crippen molar-refractivity contribution in [3.8, 4) is 17.2 Å². The molecular formula is C19H15BrO7. The summed E-state index contributed by atoms with van der Waals surface area (Å²) in [5.41, 5.74) is 0.645. The van der Waals surface area contributed by atoms with Gasteiger partial charge in [-0.15, -0.1) is 0 Å². The number of benzene rings is 2. The van der Waals surface area contributed by atoms with Gasteiger partial charge in [0.2, 0.25) is 6.79 Å². The van der Waals surface area contributed by atoms with Crippen LogP contribution < -0.4 is 14.2 Å². The number of aromatic carboxylic acids is 1. The number of hydrogen-bond donors (Lipinski definition) is 1. The van der Waals surface area contributed by atoms with Crippen molar-refractivity contribution in [2.75, 3.05) is 21.0 Å². The third-order valence-corrected chi connectivity index (χ3v) is 4.65. The molecule has 1 aliphatic rings. The zero-order chi connectivity index (χ0) is 19.6. The first-order valence-electron chi connectivity index (χ1n) is 7.76. The molecule has 0 atom stereocenters. The quantitative estimate of drug-likeness (QED) is 0.436. The molecule has 0 unspecified atom stereocenters. The lowest BCUT2D eigenvalue weighted by Crippen LogP contribution is -2.09. The Morgan fingerprint density at radius 3 is 2.41 bits per heavy atom. The SMILES string of the molecule is COC(=O)/C(=C\c1c(Br)cccc1OC)c1cc2c(cc1C(=O)O)OCO2. The largest absolute Gasteiger partial charge is 0.496 e. The molecule has 3 rings (SSSR count). The van der Waals surface area contributed by atoms with Crippen LogP contribution in [0.15, 0.2) is 34.8 Å². The van der Waals surface area contributed by atoms with Crippen molar-refractivity contribution in [1.29, 1.82) is 0 Å². The number of carboxylic acid groups (broad SMARTS) is 1. The third kappa shape index (κ3) is 3.61. The molecule has 0 aliphatic carbocycles. The van der Waals surface area contributed by atoms with Crippen LogP contribution >= 0.6 is 15.9 Å². The summed E-state index contributed by atoms with van der Waals surface area (Å²) in [5, 5.41) is 9.61. The number of fused-ring (bicyclic) bond motifs is 1. The fourth-order valence-electron chi connectivity index (χ4n) is 2.68. The molecule has 0 aromatic heterocycles. The molecule has 0 spiro atoms. The number of halogens is 1. The van der Waals surface area contributed by atoms with Crippen LogP contribution in [-0.2, 0) is 9.53 Å². The molecule has 0 bridgehead atoms. The monoisotopic (exact) mass is 434 g/mol. The molecule has 0 amide bonds. The van der Waals surface area contributed by atoms with Gasteiger partial charge in [-0.3, -0.25) is 0 Å². The fourth-order valence-corrected chi connectivity index (χ4v) is 3.14. The molecule has 0 saturated heterocycles. The summed E-state index contributed by atoms with van der Waals surface area (Å²) in [6, 6.07) is 8.07. The van der Waals surface area contributed by atoms with E-state index < -0.39 is 11.9 Å². The van der Waals surface area contributed by atoms with E-state index >= 15 is 0 Å². The van der Waals surface area contributed by atoms with Crippen LogP contribution in [0, 0.1) is 0 Å². The number of rotatable bonds is 5. The summed E-state index contributed by atoms with van der Waals surface area (Å²) in [6.45, 7) is -0.0207. The van der Waals surface area contributed by atoms with Gasteiger partial charge in [-0.25, -0.2) is 9.59 Å². The normalized spacial score (nSPS) is 12.6. The Morgan fingerprint density at radius 2 is 1.81 bits per heavy atom. The molecule has 1 heterocycles. The zero-order valence-electron chi connectivity index (χ0n) is 14.4. The van der Waals surface area contributed by atoms with E-state index in [4.69, 9.17) is 18.9 Å². The van der Waals surface area contributed by atoms with Crippen molar-refractivity contribution in [3.63, 3.8) is 0 Å². The van der Waals surface area contributed by atoms with Crippen molar-refractivity contribution >= 4 is 39.5 Å². The number of esters is 1. The van der Waals surface area contributed by atoms with Gasteiger partial charge >= 0.3 is 11.9 Å². The standard InChI is InChI=1S/C19H15BrO7/c1-24-15-5-3-4-14(20)13(15)6-12(19(23)25-2)10-7-16-17(27-9-26-16)8-11(10)18(21)22/h3-8H,9H2,1-2H3,(H,21,22)/b12-6-. The molecule has 2 aromatic rings. The second-order valence-electron chi connectivity index (χ2n) is 5.46. The van der Waals surface area contributed by atoms with Crippen molar-refractivity contribution in [1.82, 2.24) is 0 Å². The smallest absolute Gasteiger partial charge is 0.338 e. The molecule has 2 aromatic carbocycles. The number of carbonyl (C=O) groups is 2. The summed E-state index contributed by atoms with van der Waals surface area (Å²) in [6.07, 6.45) is 1.51. The number of carbonyl (C=O) groups excluding carboxylic acids is 1. The highest BCUT2D eigenvalue weighted by atomic mass is 79.9. The maximum absolute atomic E-state index is 12.5.